The molecule has 0 amide bonds. The van der Waals surface area contributed by atoms with Gasteiger partial charge in [-0.25, -0.2) is 0 Å². The van der Waals surface area contributed by atoms with E-state index in [-0.39, 0.29) is 17.3 Å². The van der Waals surface area contributed by atoms with Crippen LogP contribution < -0.4 is 15.4 Å². The summed E-state index contributed by atoms with van der Waals surface area (Å²) in [6, 6.07) is 43.5. The van der Waals surface area contributed by atoms with E-state index in [0.717, 1.165) is 11.4 Å². The molecule has 1 aliphatic rings. The Morgan fingerprint density at radius 2 is 0.867 bits per heavy atom. The third-order valence-corrected chi connectivity index (χ3v) is 7.65. The number of hydrogen-bond acceptors (Lipinski definition) is 6. The summed E-state index contributed by atoms with van der Waals surface area (Å²) in [5.41, 5.74) is 4.96. The molecule has 216 valence electrons. The van der Waals surface area contributed by atoms with E-state index in [2.05, 4.69) is 10.6 Å². The highest BCUT2D eigenvalue weighted by molar-refractivity contribution is 6.32. The molecule has 0 aliphatic heterocycles. The lowest BCUT2D eigenvalue weighted by molar-refractivity contribution is 0.0980. The fourth-order valence-corrected chi connectivity index (χ4v) is 5.43. The zero-order valence-corrected chi connectivity index (χ0v) is 24.0. The highest BCUT2D eigenvalue weighted by atomic mass is 16.5. The predicted octanol–water partition coefficient (Wildman–Crippen LogP) is 8.97. The number of rotatable bonds is 8. The van der Waals surface area contributed by atoms with Crippen molar-refractivity contribution in [3.8, 4) is 11.5 Å². The molecule has 6 nitrogen and oxygen atoms in total. The maximum absolute atomic E-state index is 13.8. The van der Waals surface area contributed by atoms with Gasteiger partial charge >= 0.3 is 0 Å². The molecule has 6 aromatic rings. The zero-order chi connectivity index (χ0) is 30.8. The van der Waals surface area contributed by atoms with Crippen LogP contribution in [0, 0.1) is 0 Å². The smallest absolute Gasteiger partial charge is 0.196 e. The first-order valence-corrected chi connectivity index (χ1v) is 14.5. The molecule has 6 aromatic carbocycles. The van der Waals surface area contributed by atoms with E-state index in [4.69, 9.17) is 4.74 Å². The third-order valence-electron chi connectivity index (χ3n) is 7.65. The Bertz CT molecular complexity index is 2050. The minimum atomic E-state index is -0.231. The average molecular weight is 587 g/mol. The number of para-hydroxylation sites is 2. The Morgan fingerprint density at radius 3 is 1.40 bits per heavy atom. The van der Waals surface area contributed by atoms with E-state index >= 15 is 0 Å². The molecular formula is C39H26N2O4. The fraction of sp³-hybridized carbons (Fsp3) is 0. The van der Waals surface area contributed by atoms with Gasteiger partial charge in [0.1, 0.15) is 11.5 Å². The van der Waals surface area contributed by atoms with Crippen LogP contribution in [0.25, 0.3) is 0 Å². The van der Waals surface area contributed by atoms with E-state index in [1.54, 1.807) is 84.9 Å². The molecule has 0 aromatic heterocycles. The lowest BCUT2D eigenvalue weighted by Gasteiger charge is -2.24. The number of benzene rings is 6. The third kappa shape index (κ3) is 5.48. The Balaban J connectivity index is 1.15. The lowest BCUT2D eigenvalue weighted by Crippen LogP contribution is -2.23. The number of anilines is 4. The second-order valence-corrected chi connectivity index (χ2v) is 10.6. The number of carbonyl (C=O) groups is 3. The standard InChI is InChI=1S/C39H26N2O4/c42-37(26-17-21-30(22-18-26)45-29-11-5-2-6-12-29)25-15-19-28(20-16-25)41-34-24-23-33(40-27-9-3-1-4-10-27)35-36(34)39(44)32-14-8-7-13-31(32)38(35)43/h1-24,40-41H. The van der Waals surface area contributed by atoms with Gasteiger partial charge < -0.3 is 15.4 Å². The van der Waals surface area contributed by atoms with Gasteiger partial charge in [0.15, 0.2) is 17.3 Å². The molecule has 1 aliphatic carbocycles. The van der Waals surface area contributed by atoms with Crippen molar-refractivity contribution >= 4 is 40.1 Å². The number of fused-ring (bicyclic) bond motifs is 2. The van der Waals surface area contributed by atoms with E-state index in [1.807, 2.05) is 60.7 Å². The average Bonchev–Trinajstić information content (AvgIpc) is 3.09. The van der Waals surface area contributed by atoms with Crippen LogP contribution in [0.4, 0.5) is 22.7 Å². The number of carbonyl (C=O) groups excluding carboxylic acids is 3. The first-order valence-electron chi connectivity index (χ1n) is 14.5. The molecule has 0 unspecified atom stereocenters. The van der Waals surface area contributed by atoms with Gasteiger partial charge in [-0.3, -0.25) is 14.4 Å². The van der Waals surface area contributed by atoms with Crippen molar-refractivity contribution in [3.05, 3.63) is 179 Å². The van der Waals surface area contributed by atoms with Gasteiger partial charge in [-0.2, -0.15) is 0 Å². The second kappa shape index (κ2) is 11.8. The van der Waals surface area contributed by atoms with Crippen LogP contribution >= 0.6 is 0 Å². The number of ether oxygens (including phenoxy) is 1. The summed E-state index contributed by atoms with van der Waals surface area (Å²) in [4.78, 5) is 40.8. The summed E-state index contributed by atoms with van der Waals surface area (Å²) in [5.74, 6) is 0.785. The fourth-order valence-electron chi connectivity index (χ4n) is 5.43. The van der Waals surface area contributed by atoms with Crippen LogP contribution in [0.15, 0.2) is 146 Å². The molecule has 0 saturated heterocycles. The minimum absolute atomic E-state index is 0.126. The van der Waals surface area contributed by atoms with Crippen molar-refractivity contribution in [3.63, 3.8) is 0 Å². The van der Waals surface area contributed by atoms with Crippen LogP contribution in [0.2, 0.25) is 0 Å². The number of hydrogen-bond donors (Lipinski definition) is 2. The van der Waals surface area contributed by atoms with Crippen molar-refractivity contribution in [2.45, 2.75) is 0 Å². The normalized spacial score (nSPS) is 11.7. The molecule has 0 saturated carbocycles. The topological polar surface area (TPSA) is 84.5 Å². The summed E-state index contributed by atoms with van der Waals surface area (Å²) in [7, 11) is 0. The molecule has 6 heteroatoms. The van der Waals surface area contributed by atoms with Gasteiger partial charge in [0.2, 0.25) is 0 Å². The lowest BCUT2D eigenvalue weighted by atomic mass is 9.82. The number of ketones is 3. The van der Waals surface area contributed by atoms with Crippen LogP contribution in [0.5, 0.6) is 11.5 Å². The van der Waals surface area contributed by atoms with Gasteiger partial charge in [-0.05, 0) is 84.9 Å². The van der Waals surface area contributed by atoms with Gasteiger partial charge in [0, 0.05) is 33.6 Å². The SMILES string of the molecule is O=C(c1ccc(Nc2ccc(Nc3ccccc3)c3c2C(=O)c2ccccc2C3=O)cc1)c1ccc(Oc2ccccc2)cc1. The predicted molar refractivity (Wildman–Crippen MR) is 176 cm³/mol. The molecule has 0 radical (unpaired) electrons. The Labute approximate surface area is 260 Å². The van der Waals surface area contributed by atoms with Crippen molar-refractivity contribution in [2.75, 3.05) is 10.6 Å². The van der Waals surface area contributed by atoms with Crippen LogP contribution in [-0.4, -0.2) is 17.3 Å². The molecule has 0 atom stereocenters. The number of nitrogens with one attached hydrogen (secondary N) is 2. The molecule has 45 heavy (non-hydrogen) atoms. The van der Waals surface area contributed by atoms with Crippen LogP contribution in [-0.2, 0) is 0 Å². The largest absolute Gasteiger partial charge is 0.457 e. The summed E-state index contributed by atoms with van der Waals surface area (Å²) < 4.78 is 5.83. The minimum Gasteiger partial charge on any atom is -0.457 e. The molecule has 0 fully saturated rings. The molecule has 0 spiro atoms. The van der Waals surface area contributed by atoms with Gasteiger partial charge in [0.05, 0.1) is 22.5 Å². The van der Waals surface area contributed by atoms with Crippen molar-refractivity contribution < 1.29 is 19.1 Å². The molecule has 2 N–H and O–H groups in total. The van der Waals surface area contributed by atoms with Crippen molar-refractivity contribution in [1.82, 2.24) is 0 Å². The van der Waals surface area contributed by atoms with E-state index in [1.165, 1.54) is 0 Å². The molecule has 0 heterocycles. The van der Waals surface area contributed by atoms with E-state index < -0.39 is 0 Å². The Kier molecular flexibility index (Phi) is 7.21. The molecule has 0 bridgehead atoms. The summed E-state index contributed by atoms with van der Waals surface area (Å²) in [5, 5.41) is 6.62. The van der Waals surface area contributed by atoms with Gasteiger partial charge in [-0.15, -0.1) is 0 Å². The monoisotopic (exact) mass is 586 g/mol. The van der Waals surface area contributed by atoms with Crippen molar-refractivity contribution in [2.24, 2.45) is 0 Å². The molecular weight excluding hydrogens is 560 g/mol. The second-order valence-electron chi connectivity index (χ2n) is 10.6. The van der Waals surface area contributed by atoms with Crippen molar-refractivity contribution in [1.29, 1.82) is 0 Å². The summed E-state index contributed by atoms with van der Waals surface area (Å²) in [6.45, 7) is 0. The molecule has 7 rings (SSSR count). The first kappa shape index (κ1) is 27.6. The van der Waals surface area contributed by atoms with E-state index in [0.29, 0.717) is 56.2 Å². The quantitative estimate of drug-likeness (QED) is 0.173. The maximum Gasteiger partial charge on any atom is 0.196 e. The highest BCUT2D eigenvalue weighted by Gasteiger charge is 2.34. The van der Waals surface area contributed by atoms with Crippen LogP contribution in [0.3, 0.4) is 0 Å². The Hall–Kier alpha value is -6.27. The summed E-state index contributed by atoms with van der Waals surface area (Å²) >= 11 is 0. The summed E-state index contributed by atoms with van der Waals surface area (Å²) in [6.07, 6.45) is 0. The van der Waals surface area contributed by atoms with Gasteiger partial charge in [-0.1, -0.05) is 60.7 Å². The maximum atomic E-state index is 13.8. The Morgan fingerprint density at radius 1 is 0.444 bits per heavy atom. The van der Waals surface area contributed by atoms with Crippen LogP contribution in [0.1, 0.15) is 47.8 Å². The van der Waals surface area contributed by atoms with Gasteiger partial charge in [0.25, 0.3) is 0 Å². The first-order chi connectivity index (χ1) is 22.0. The highest BCUT2D eigenvalue weighted by Crippen LogP contribution is 2.38. The zero-order valence-electron chi connectivity index (χ0n) is 24.0. The van der Waals surface area contributed by atoms with E-state index in [9.17, 15) is 14.4 Å².